The van der Waals surface area contributed by atoms with E-state index in [9.17, 15) is 4.79 Å². The molecule has 0 spiro atoms. The summed E-state index contributed by atoms with van der Waals surface area (Å²) in [6.45, 7) is 0. The highest BCUT2D eigenvalue weighted by Crippen LogP contribution is 2.30. The average Bonchev–Trinajstić information content (AvgIpc) is 2.62. The molecule has 3 nitrogen and oxygen atoms in total. The lowest BCUT2D eigenvalue weighted by Crippen LogP contribution is -2.08. The lowest BCUT2D eigenvalue weighted by Gasteiger charge is -2.10. The molecule has 0 radical (unpaired) electrons. The van der Waals surface area contributed by atoms with Crippen molar-refractivity contribution in [2.24, 2.45) is 0 Å². The van der Waals surface area contributed by atoms with Crippen LogP contribution in [0, 0.1) is 0 Å². The van der Waals surface area contributed by atoms with E-state index in [1.165, 1.54) is 7.11 Å². The summed E-state index contributed by atoms with van der Waals surface area (Å²) in [6.07, 6.45) is 2.81. The van der Waals surface area contributed by atoms with Gasteiger partial charge in [0.15, 0.2) is 0 Å². The van der Waals surface area contributed by atoms with Gasteiger partial charge in [0, 0.05) is 5.56 Å². The highest BCUT2D eigenvalue weighted by Gasteiger charge is 2.20. The molecule has 0 saturated heterocycles. The molecule has 0 amide bonds. The second kappa shape index (κ2) is 3.54. The zero-order valence-corrected chi connectivity index (χ0v) is 7.77. The van der Waals surface area contributed by atoms with E-state index in [0.29, 0.717) is 0 Å². The quantitative estimate of drug-likeness (QED) is 0.638. The fraction of sp³-hybridized carbons (Fsp3) is 0.182. The molecule has 0 saturated carbocycles. The van der Waals surface area contributed by atoms with Crippen LogP contribution in [-0.2, 0) is 9.47 Å². The summed E-state index contributed by atoms with van der Waals surface area (Å²) in [6, 6.07) is 7.78. The summed E-state index contributed by atoms with van der Waals surface area (Å²) in [7, 11) is 1.30. The first-order chi connectivity index (χ1) is 6.81. The Kier molecular flexibility index (Phi) is 2.23. The van der Waals surface area contributed by atoms with Gasteiger partial charge in [0.05, 0.1) is 7.11 Å². The van der Waals surface area contributed by atoms with E-state index in [0.717, 1.165) is 11.1 Å². The number of hydrogen-bond acceptors (Lipinski definition) is 3. The molecule has 2 rings (SSSR count). The van der Waals surface area contributed by atoms with E-state index in [-0.39, 0.29) is 6.10 Å². The van der Waals surface area contributed by atoms with E-state index < -0.39 is 6.16 Å². The van der Waals surface area contributed by atoms with Crippen LogP contribution in [0.1, 0.15) is 17.2 Å². The van der Waals surface area contributed by atoms with Crippen molar-refractivity contribution >= 4 is 12.2 Å². The second-order valence-corrected chi connectivity index (χ2v) is 2.98. The van der Waals surface area contributed by atoms with Crippen LogP contribution in [0.5, 0.6) is 0 Å². The van der Waals surface area contributed by atoms with Crippen LogP contribution in [0.15, 0.2) is 30.3 Å². The zero-order valence-electron chi connectivity index (χ0n) is 7.77. The number of methoxy groups -OCH3 is 1. The third-order valence-electron chi connectivity index (χ3n) is 2.14. The van der Waals surface area contributed by atoms with Crippen LogP contribution < -0.4 is 0 Å². The minimum absolute atomic E-state index is 0.307. The summed E-state index contributed by atoms with van der Waals surface area (Å²) < 4.78 is 9.47. The van der Waals surface area contributed by atoms with Crippen molar-refractivity contribution in [1.29, 1.82) is 0 Å². The normalized spacial score (nSPS) is 17.6. The molecule has 0 aromatic heterocycles. The standard InChI is InChI=1S/C11H10O3/c1-13-11(12)14-10-7-6-8-4-2-3-5-9(8)10/h2-7,10H,1H3. The van der Waals surface area contributed by atoms with Gasteiger partial charge in [-0.3, -0.25) is 0 Å². The number of hydrogen-bond donors (Lipinski definition) is 0. The molecule has 1 aromatic carbocycles. The summed E-state index contributed by atoms with van der Waals surface area (Å²) >= 11 is 0. The zero-order chi connectivity index (χ0) is 9.97. The predicted molar refractivity (Wildman–Crippen MR) is 51.7 cm³/mol. The van der Waals surface area contributed by atoms with Crippen molar-refractivity contribution < 1.29 is 14.3 Å². The Bertz CT molecular complexity index is 382. The molecule has 72 valence electrons. The van der Waals surface area contributed by atoms with Crippen LogP contribution in [0.3, 0.4) is 0 Å². The van der Waals surface area contributed by atoms with Crippen LogP contribution in [0.2, 0.25) is 0 Å². The molecular weight excluding hydrogens is 180 g/mol. The van der Waals surface area contributed by atoms with Gasteiger partial charge in [-0.05, 0) is 11.6 Å². The van der Waals surface area contributed by atoms with Crippen LogP contribution in [-0.4, -0.2) is 13.3 Å². The summed E-state index contributed by atoms with van der Waals surface area (Å²) in [5.41, 5.74) is 2.08. The van der Waals surface area contributed by atoms with Gasteiger partial charge in [0.25, 0.3) is 0 Å². The maximum Gasteiger partial charge on any atom is 0.508 e. The lowest BCUT2D eigenvalue weighted by atomic mass is 10.1. The maximum absolute atomic E-state index is 10.9. The van der Waals surface area contributed by atoms with Crippen molar-refractivity contribution in [1.82, 2.24) is 0 Å². The van der Waals surface area contributed by atoms with Crippen LogP contribution in [0.4, 0.5) is 4.79 Å². The van der Waals surface area contributed by atoms with E-state index in [1.54, 1.807) is 0 Å². The molecular formula is C11H10O3. The van der Waals surface area contributed by atoms with Crippen molar-refractivity contribution in [2.75, 3.05) is 7.11 Å². The molecule has 1 atom stereocenters. The van der Waals surface area contributed by atoms with Crippen LogP contribution >= 0.6 is 0 Å². The molecule has 0 aliphatic heterocycles. The van der Waals surface area contributed by atoms with E-state index in [1.807, 2.05) is 36.4 Å². The Morgan fingerprint density at radius 1 is 1.36 bits per heavy atom. The topological polar surface area (TPSA) is 35.5 Å². The van der Waals surface area contributed by atoms with Gasteiger partial charge in [0.2, 0.25) is 0 Å². The summed E-state index contributed by atoms with van der Waals surface area (Å²) in [4.78, 5) is 10.9. The second-order valence-electron chi connectivity index (χ2n) is 2.98. The Morgan fingerprint density at radius 2 is 2.14 bits per heavy atom. The number of carbonyl (C=O) groups is 1. The molecule has 0 heterocycles. The molecule has 14 heavy (non-hydrogen) atoms. The van der Waals surface area contributed by atoms with Crippen LogP contribution in [0.25, 0.3) is 6.08 Å². The average molecular weight is 190 g/mol. The van der Waals surface area contributed by atoms with Gasteiger partial charge in [-0.25, -0.2) is 4.79 Å². The minimum atomic E-state index is -0.656. The maximum atomic E-state index is 10.9. The fourth-order valence-electron chi connectivity index (χ4n) is 1.47. The summed E-state index contributed by atoms with van der Waals surface area (Å²) in [5, 5.41) is 0. The highest BCUT2D eigenvalue weighted by molar-refractivity contribution is 5.65. The molecule has 3 heteroatoms. The molecule has 1 aromatic rings. The molecule has 1 aliphatic rings. The van der Waals surface area contributed by atoms with Gasteiger partial charge >= 0.3 is 6.16 Å². The first-order valence-electron chi connectivity index (χ1n) is 4.33. The minimum Gasteiger partial charge on any atom is -0.438 e. The Morgan fingerprint density at radius 3 is 2.93 bits per heavy atom. The number of fused-ring (bicyclic) bond motifs is 1. The molecule has 0 bridgehead atoms. The summed E-state index contributed by atoms with van der Waals surface area (Å²) in [5.74, 6) is 0. The number of carbonyl (C=O) groups excluding carboxylic acids is 1. The van der Waals surface area contributed by atoms with Gasteiger partial charge in [0.1, 0.15) is 6.10 Å². The highest BCUT2D eigenvalue weighted by atomic mass is 16.7. The van der Waals surface area contributed by atoms with Gasteiger partial charge in [-0.15, -0.1) is 0 Å². The van der Waals surface area contributed by atoms with E-state index in [4.69, 9.17) is 4.74 Å². The lowest BCUT2D eigenvalue weighted by molar-refractivity contribution is 0.0531. The smallest absolute Gasteiger partial charge is 0.438 e. The van der Waals surface area contributed by atoms with E-state index in [2.05, 4.69) is 4.74 Å². The largest absolute Gasteiger partial charge is 0.508 e. The third-order valence-corrected chi connectivity index (χ3v) is 2.14. The number of rotatable bonds is 1. The van der Waals surface area contributed by atoms with E-state index >= 15 is 0 Å². The van der Waals surface area contributed by atoms with Gasteiger partial charge < -0.3 is 9.47 Å². The van der Waals surface area contributed by atoms with Crippen molar-refractivity contribution in [3.05, 3.63) is 41.5 Å². The Labute approximate surface area is 81.9 Å². The third kappa shape index (κ3) is 1.48. The molecule has 0 fully saturated rings. The Balaban J connectivity index is 2.18. The molecule has 0 N–H and O–H groups in total. The SMILES string of the molecule is COC(=O)OC1C=Cc2ccccc21. The molecule has 1 aliphatic carbocycles. The first kappa shape index (κ1) is 8.81. The monoisotopic (exact) mass is 190 g/mol. The van der Waals surface area contributed by atoms with Crippen molar-refractivity contribution in [3.63, 3.8) is 0 Å². The predicted octanol–water partition coefficient (Wildman–Crippen LogP) is 2.54. The van der Waals surface area contributed by atoms with Gasteiger partial charge in [-0.1, -0.05) is 30.3 Å². The Hall–Kier alpha value is -1.77. The van der Waals surface area contributed by atoms with Crippen molar-refractivity contribution in [3.8, 4) is 0 Å². The number of benzene rings is 1. The number of ether oxygens (including phenoxy) is 2. The van der Waals surface area contributed by atoms with Gasteiger partial charge in [-0.2, -0.15) is 0 Å². The fourth-order valence-corrected chi connectivity index (χ4v) is 1.47. The molecule has 1 unspecified atom stereocenters. The van der Waals surface area contributed by atoms with Crippen molar-refractivity contribution in [2.45, 2.75) is 6.10 Å². The first-order valence-corrected chi connectivity index (χ1v) is 4.33.